The number of nitro benzene ring substituents is 2. The van der Waals surface area contributed by atoms with Gasteiger partial charge in [-0.05, 0) is 25.8 Å². The fourth-order valence-electron chi connectivity index (χ4n) is 2.50. The van der Waals surface area contributed by atoms with Crippen LogP contribution in [-0.4, -0.2) is 15.4 Å². The van der Waals surface area contributed by atoms with Crippen LogP contribution in [-0.2, 0) is 0 Å². The third-order valence-electron chi connectivity index (χ3n) is 3.53. The van der Waals surface area contributed by atoms with Gasteiger partial charge in [-0.25, -0.2) is 0 Å². The van der Waals surface area contributed by atoms with Crippen molar-refractivity contribution in [2.24, 2.45) is 0 Å². The molecule has 1 aliphatic carbocycles. The normalized spacial score (nSPS) is 17.1. The van der Waals surface area contributed by atoms with Crippen LogP contribution in [0.1, 0.15) is 32.6 Å². The SMILES string of the molecule is CC1(Nc2ccc([N+](=O)[O-])cc2[N+](=O)[O-])CCCC1. The van der Waals surface area contributed by atoms with Gasteiger partial charge in [0.25, 0.3) is 11.4 Å². The summed E-state index contributed by atoms with van der Waals surface area (Å²) in [5, 5.41) is 24.8. The van der Waals surface area contributed by atoms with Crippen molar-refractivity contribution in [3.63, 3.8) is 0 Å². The Bertz CT molecular complexity index is 524. The number of nitro groups is 2. The van der Waals surface area contributed by atoms with Gasteiger partial charge in [-0.3, -0.25) is 20.2 Å². The topological polar surface area (TPSA) is 98.3 Å². The summed E-state index contributed by atoms with van der Waals surface area (Å²) in [6.07, 6.45) is 4.07. The first kappa shape index (κ1) is 13.3. The van der Waals surface area contributed by atoms with Gasteiger partial charge in [0.1, 0.15) is 5.69 Å². The number of rotatable bonds is 4. The van der Waals surface area contributed by atoms with Crippen LogP contribution < -0.4 is 5.32 Å². The number of nitrogens with one attached hydrogen (secondary N) is 1. The van der Waals surface area contributed by atoms with Crippen LogP contribution in [0.25, 0.3) is 0 Å². The molecule has 0 spiro atoms. The minimum absolute atomic E-state index is 0.166. The van der Waals surface area contributed by atoms with Crippen LogP contribution in [0.3, 0.4) is 0 Å². The predicted octanol–water partition coefficient (Wildman–Crippen LogP) is 3.25. The van der Waals surface area contributed by atoms with Gasteiger partial charge in [-0.15, -0.1) is 0 Å². The van der Waals surface area contributed by atoms with Crippen molar-refractivity contribution in [2.45, 2.75) is 38.1 Å². The lowest BCUT2D eigenvalue weighted by molar-refractivity contribution is -0.393. The first-order valence-corrected chi connectivity index (χ1v) is 6.12. The molecule has 0 bridgehead atoms. The highest BCUT2D eigenvalue weighted by molar-refractivity contribution is 5.66. The van der Waals surface area contributed by atoms with Gasteiger partial charge < -0.3 is 5.32 Å². The van der Waals surface area contributed by atoms with E-state index >= 15 is 0 Å². The molecule has 2 rings (SSSR count). The summed E-state index contributed by atoms with van der Waals surface area (Å²) >= 11 is 0. The first-order valence-electron chi connectivity index (χ1n) is 6.12. The highest BCUT2D eigenvalue weighted by atomic mass is 16.6. The van der Waals surface area contributed by atoms with Crippen LogP contribution in [0.5, 0.6) is 0 Å². The number of anilines is 1. The molecule has 0 unspecified atom stereocenters. The summed E-state index contributed by atoms with van der Waals surface area (Å²) in [4.78, 5) is 20.5. The Labute approximate surface area is 109 Å². The standard InChI is InChI=1S/C12H15N3O4/c1-12(6-2-3-7-12)13-10-5-4-9(14(16)17)8-11(10)15(18)19/h4-5,8,13H,2-3,6-7H2,1H3. The zero-order valence-electron chi connectivity index (χ0n) is 10.6. The molecular weight excluding hydrogens is 250 g/mol. The molecule has 102 valence electrons. The van der Waals surface area contributed by atoms with Crippen molar-refractivity contribution in [2.75, 3.05) is 5.32 Å². The summed E-state index contributed by atoms with van der Waals surface area (Å²) in [6.45, 7) is 2.02. The largest absolute Gasteiger partial charge is 0.374 e. The molecule has 0 radical (unpaired) electrons. The third-order valence-corrected chi connectivity index (χ3v) is 3.53. The number of hydrogen-bond acceptors (Lipinski definition) is 5. The molecule has 0 amide bonds. The second kappa shape index (κ2) is 4.83. The maximum absolute atomic E-state index is 11.0. The average molecular weight is 265 g/mol. The molecule has 0 aromatic heterocycles. The van der Waals surface area contributed by atoms with Crippen LogP contribution in [0.4, 0.5) is 17.1 Å². The summed E-state index contributed by atoms with van der Waals surface area (Å²) in [7, 11) is 0. The maximum Gasteiger partial charge on any atom is 0.299 e. The van der Waals surface area contributed by atoms with Crippen LogP contribution >= 0.6 is 0 Å². The lowest BCUT2D eigenvalue weighted by Crippen LogP contribution is -2.31. The van der Waals surface area contributed by atoms with Crippen molar-refractivity contribution >= 4 is 17.1 Å². The molecule has 0 heterocycles. The Balaban J connectivity index is 2.34. The molecule has 1 aromatic rings. The summed E-state index contributed by atoms with van der Waals surface area (Å²) in [5.41, 5.74) is -0.336. The highest BCUT2D eigenvalue weighted by Crippen LogP contribution is 2.36. The Morgan fingerprint density at radius 3 is 2.32 bits per heavy atom. The molecule has 0 atom stereocenters. The second-order valence-electron chi connectivity index (χ2n) is 5.11. The van der Waals surface area contributed by atoms with Crippen molar-refractivity contribution < 1.29 is 9.85 Å². The van der Waals surface area contributed by atoms with Crippen molar-refractivity contribution in [1.29, 1.82) is 0 Å². The summed E-state index contributed by atoms with van der Waals surface area (Å²) in [5.74, 6) is 0. The molecule has 19 heavy (non-hydrogen) atoms. The van der Waals surface area contributed by atoms with E-state index in [1.165, 1.54) is 12.1 Å². The monoisotopic (exact) mass is 265 g/mol. The quantitative estimate of drug-likeness (QED) is 0.665. The Hall–Kier alpha value is -2.18. The lowest BCUT2D eigenvalue weighted by atomic mass is 10.00. The van der Waals surface area contributed by atoms with E-state index in [2.05, 4.69) is 5.32 Å². The second-order valence-corrected chi connectivity index (χ2v) is 5.11. The van der Waals surface area contributed by atoms with Gasteiger partial charge in [0.15, 0.2) is 0 Å². The van der Waals surface area contributed by atoms with E-state index in [0.29, 0.717) is 5.69 Å². The van der Waals surface area contributed by atoms with Crippen LogP contribution in [0.2, 0.25) is 0 Å². The maximum atomic E-state index is 11.0. The lowest BCUT2D eigenvalue weighted by Gasteiger charge is -2.26. The molecule has 7 nitrogen and oxygen atoms in total. The van der Waals surface area contributed by atoms with E-state index in [-0.39, 0.29) is 16.9 Å². The number of benzene rings is 1. The molecule has 1 fully saturated rings. The summed E-state index contributed by atoms with van der Waals surface area (Å²) in [6, 6.07) is 3.70. The molecule has 0 aliphatic heterocycles. The van der Waals surface area contributed by atoms with E-state index in [0.717, 1.165) is 31.7 Å². The van der Waals surface area contributed by atoms with Gasteiger partial charge in [-0.2, -0.15) is 0 Å². The first-order chi connectivity index (χ1) is 8.91. The molecule has 1 aliphatic rings. The molecular formula is C12H15N3O4. The van der Waals surface area contributed by atoms with Crippen LogP contribution in [0, 0.1) is 20.2 Å². The number of hydrogen-bond donors (Lipinski definition) is 1. The van der Waals surface area contributed by atoms with Gasteiger partial charge in [0, 0.05) is 11.6 Å². The van der Waals surface area contributed by atoms with Crippen molar-refractivity contribution in [3.8, 4) is 0 Å². The zero-order valence-corrected chi connectivity index (χ0v) is 10.6. The van der Waals surface area contributed by atoms with E-state index < -0.39 is 9.85 Å². The smallest absolute Gasteiger partial charge is 0.299 e. The Morgan fingerprint density at radius 1 is 1.16 bits per heavy atom. The van der Waals surface area contributed by atoms with Gasteiger partial charge >= 0.3 is 0 Å². The van der Waals surface area contributed by atoms with Crippen molar-refractivity contribution in [3.05, 3.63) is 38.4 Å². The van der Waals surface area contributed by atoms with E-state index in [9.17, 15) is 20.2 Å². The van der Waals surface area contributed by atoms with Crippen LogP contribution in [0.15, 0.2) is 18.2 Å². The highest BCUT2D eigenvalue weighted by Gasteiger charge is 2.31. The minimum Gasteiger partial charge on any atom is -0.374 e. The Kier molecular flexibility index (Phi) is 3.37. The number of non-ortho nitro benzene ring substituents is 1. The minimum atomic E-state index is -0.631. The summed E-state index contributed by atoms with van der Waals surface area (Å²) < 4.78 is 0. The zero-order chi connectivity index (χ0) is 14.0. The fraction of sp³-hybridized carbons (Fsp3) is 0.500. The van der Waals surface area contributed by atoms with E-state index in [1.807, 2.05) is 6.92 Å². The molecule has 1 N–H and O–H groups in total. The van der Waals surface area contributed by atoms with Gasteiger partial charge in [0.2, 0.25) is 0 Å². The predicted molar refractivity (Wildman–Crippen MR) is 70.2 cm³/mol. The molecule has 7 heteroatoms. The molecule has 1 aromatic carbocycles. The van der Waals surface area contributed by atoms with E-state index in [1.54, 1.807) is 0 Å². The van der Waals surface area contributed by atoms with E-state index in [4.69, 9.17) is 0 Å². The average Bonchev–Trinajstić information content (AvgIpc) is 2.75. The Morgan fingerprint density at radius 2 is 1.79 bits per heavy atom. The fourth-order valence-corrected chi connectivity index (χ4v) is 2.50. The van der Waals surface area contributed by atoms with Gasteiger partial charge in [-0.1, -0.05) is 12.8 Å². The number of nitrogens with zero attached hydrogens (tertiary/aromatic N) is 2. The van der Waals surface area contributed by atoms with Gasteiger partial charge in [0.05, 0.1) is 15.9 Å². The molecule has 0 saturated heterocycles. The van der Waals surface area contributed by atoms with Crippen molar-refractivity contribution in [1.82, 2.24) is 0 Å². The molecule has 1 saturated carbocycles. The third kappa shape index (κ3) is 2.81.